The van der Waals surface area contributed by atoms with E-state index in [2.05, 4.69) is 32.0 Å². The summed E-state index contributed by atoms with van der Waals surface area (Å²) in [4.78, 5) is 0. The molecule has 1 aromatic rings. The van der Waals surface area contributed by atoms with Crippen LogP contribution in [-0.4, -0.2) is 17.8 Å². The SMILES string of the molecule is CCC(CC)CC(O)C1OCCc2ccccc21. The first kappa shape index (κ1) is 13.6. The van der Waals surface area contributed by atoms with Gasteiger partial charge in [0.1, 0.15) is 6.10 Å². The lowest BCUT2D eigenvalue weighted by atomic mass is 9.88. The first-order chi connectivity index (χ1) is 8.76. The Hall–Kier alpha value is -0.860. The number of hydrogen-bond donors (Lipinski definition) is 1. The lowest BCUT2D eigenvalue weighted by Gasteiger charge is -2.31. The summed E-state index contributed by atoms with van der Waals surface area (Å²) in [6, 6.07) is 8.34. The predicted molar refractivity (Wildman–Crippen MR) is 73.5 cm³/mol. The number of rotatable bonds is 5. The smallest absolute Gasteiger partial charge is 0.109 e. The topological polar surface area (TPSA) is 29.5 Å². The number of benzene rings is 1. The maximum absolute atomic E-state index is 10.4. The van der Waals surface area contributed by atoms with E-state index in [1.54, 1.807) is 0 Å². The molecule has 2 nitrogen and oxygen atoms in total. The van der Waals surface area contributed by atoms with E-state index in [0.717, 1.165) is 32.3 Å². The average molecular weight is 248 g/mol. The predicted octanol–water partition coefficient (Wildman–Crippen LogP) is 3.49. The van der Waals surface area contributed by atoms with Crippen molar-refractivity contribution in [2.24, 2.45) is 5.92 Å². The van der Waals surface area contributed by atoms with Gasteiger partial charge in [-0.3, -0.25) is 0 Å². The minimum atomic E-state index is -0.378. The fraction of sp³-hybridized carbons (Fsp3) is 0.625. The van der Waals surface area contributed by atoms with Crippen LogP contribution in [-0.2, 0) is 11.2 Å². The van der Waals surface area contributed by atoms with Crippen molar-refractivity contribution in [2.45, 2.75) is 51.7 Å². The minimum Gasteiger partial charge on any atom is -0.390 e. The van der Waals surface area contributed by atoms with Crippen molar-refractivity contribution in [1.82, 2.24) is 0 Å². The molecule has 0 amide bonds. The third kappa shape index (κ3) is 2.93. The summed E-state index contributed by atoms with van der Waals surface area (Å²) in [5.74, 6) is 0.595. The summed E-state index contributed by atoms with van der Waals surface area (Å²) in [6.45, 7) is 5.11. The maximum Gasteiger partial charge on any atom is 0.109 e. The van der Waals surface area contributed by atoms with Crippen molar-refractivity contribution in [3.63, 3.8) is 0 Å². The summed E-state index contributed by atoms with van der Waals surface area (Å²) in [5.41, 5.74) is 2.51. The van der Waals surface area contributed by atoms with E-state index < -0.39 is 0 Å². The first-order valence-corrected chi connectivity index (χ1v) is 7.13. The van der Waals surface area contributed by atoms with Gasteiger partial charge in [-0.2, -0.15) is 0 Å². The van der Waals surface area contributed by atoms with E-state index in [0.29, 0.717) is 5.92 Å². The number of ether oxygens (including phenoxy) is 1. The van der Waals surface area contributed by atoms with Crippen molar-refractivity contribution in [1.29, 1.82) is 0 Å². The number of fused-ring (bicyclic) bond motifs is 1. The molecule has 0 saturated heterocycles. The molecule has 1 heterocycles. The minimum absolute atomic E-state index is 0.129. The largest absolute Gasteiger partial charge is 0.390 e. The second-order valence-electron chi connectivity index (χ2n) is 5.23. The highest BCUT2D eigenvalue weighted by Gasteiger charge is 2.28. The molecule has 1 aromatic carbocycles. The Morgan fingerprint density at radius 2 is 2.00 bits per heavy atom. The van der Waals surface area contributed by atoms with Crippen LogP contribution in [0.25, 0.3) is 0 Å². The summed E-state index contributed by atoms with van der Waals surface area (Å²) < 4.78 is 5.81. The Bertz CT molecular complexity index is 371. The molecule has 18 heavy (non-hydrogen) atoms. The molecule has 1 aliphatic heterocycles. The van der Waals surface area contributed by atoms with Gasteiger partial charge in [-0.15, -0.1) is 0 Å². The van der Waals surface area contributed by atoms with Crippen LogP contribution in [0.1, 0.15) is 50.3 Å². The molecule has 0 aromatic heterocycles. The lowest BCUT2D eigenvalue weighted by molar-refractivity contribution is -0.0556. The van der Waals surface area contributed by atoms with Crippen molar-refractivity contribution in [3.8, 4) is 0 Å². The highest BCUT2D eigenvalue weighted by molar-refractivity contribution is 5.31. The van der Waals surface area contributed by atoms with Gasteiger partial charge in [0.15, 0.2) is 0 Å². The van der Waals surface area contributed by atoms with E-state index >= 15 is 0 Å². The van der Waals surface area contributed by atoms with Crippen LogP contribution in [0.2, 0.25) is 0 Å². The van der Waals surface area contributed by atoms with Crippen molar-refractivity contribution < 1.29 is 9.84 Å². The molecule has 0 saturated carbocycles. The molecule has 0 bridgehead atoms. The Balaban J connectivity index is 2.10. The standard InChI is InChI=1S/C16H24O2/c1-3-12(4-2)11-15(17)16-14-8-6-5-7-13(14)9-10-18-16/h5-8,12,15-17H,3-4,9-11H2,1-2H3. The van der Waals surface area contributed by atoms with Gasteiger partial charge in [-0.1, -0.05) is 51.0 Å². The molecule has 2 heteroatoms. The van der Waals surface area contributed by atoms with Crippen molar-refractivity contribution in [2.75, 3.05) is 6.61 Å². The molecule has 2 rings (SSSR count). The summed E-state index contributed by atoms with van der Waals surface area (Å²) in [5, 5.41) is 10.4. The average Bonchev–Trinajstić information content (AvgIpc) is 2.43. The molecular formula is C16H24O2. The lowest BCUT2D eigenvalue weighted by Crippen LogP contribution is -2.28. The third-order valence-electron chi connectivity index (χ3n) is 4.11. The van der Waals surface area contributed by atoms with Crippen LogP contribution in [0, 0.1) is 5.92 Å². The van der Waals surface area contributed by atoms with Crippen molar-refractivity contribution in [3.05, 3.63) is 35.4 Å². The normalized spacial score (nSPS) is 20.8. The Morgan fingerprint density at radius 3 is 2.72 bits per heavy atom. The van der Waals surface area contributed by atoms with E-state index in [4.69, 9.17) is 4.74 Å². The monoisotopic (exact) mass is 248 g/mol. The van der Waals surface area contributed by atoms with Gasteiger partial charge in [0.05, 0.1) is 12.7 Å². The van der Waals surface area contributed by atoms with Crippen LogP contribution in [0.3, 0.4) is 0 Å². The number of hydrogen-bond acceptors (Lipinski definition) is 2. The van der Waals surface area contributed by atoms with E-state index in [9.17, 15) is 5.11 Å². The Labute approximate surface area is 110 Å². The molecule has 0 spiro atoms. The summed E-state index contributed by atoms with van der Waals surface area (Å²) >= 11 is 0. The van der Waals surface area contributed by atoms with E-state index in [1.165, 1.54) is 11.1 Å². The van der Waals surface area contributed by atoms with Crippen LogP contribution in [0.15, 0.2) is 24.3 Å². The second-order valence-corrected chi connectivity index (χ2v) is 5.23. The van der Waals surface area contributed by atoms with Gasteiger partial charge in [0, 0.05) is 0 Å². The van der Waals surface area contributed by atoms with Crippen LogP contribution >= 0.6 is 0 Å². The highest BCUT2D eigenvalue weighted by atomic mass is 16.5. The molecule has 1 N–H and O–H groups in total. The molecule has 100 valence electrons. The fourth-order valence-corrected chi connectivity index (χ4v) is 2.83. The summed E-state index contributed by atoms with van der Waals surface area (Å²) in [7, 11) is 0. The molecule has 0 aliphatic carbocycles. The first-order valence-electron chi connectivity index (χ1n) is 7.13. The zero-order chi connectivity index (χ0) is 13.0. The van der Waals surface area contributed by atoms with Crippen LogP contribution < -0.4 is 0 Å². The zero-order valence-electron chi connectivity index (χ0n) is 11.4. The zero-order valence-corrected chi connectivity index (χ0v) is 11.4. The molecule has 1 aliphatic rings. The molecule has 2 atom stereocenters. The highest BCUT2D eigenvalue weighted by Crippen LogP contribution is 2.32. The van der Waals surface area contributed by atoms with Gasteiger partial charge < -0.3 is 9.84 Å². The van der Waals surface area contributed by atoms with Gasteiger partial charge in [0.2, 0.25) is 0 Å². The van der Waals surface area contributed by atoms with Gasteiger partial charge >= 0.3 is 0 Å². The Morgan fingerprint density at radius 1 is 1.28 bits per heavy atom. The fourth-order valence-electron chi connectivity index (χ4n) is 2.83. The summed E-state index contributed by atoms with van der Waals surface area (Å²) in [6.07, 6.45) is 3.55. The van der Waals surface area contributed by atoms with Gasteiger partial charge in [-0.25, -0.2) is 0 Å². The molecule has 2 unspecified atom stereocenters. The number of aliphatic hydroxyl groups excluding tert-OH is 1. The van der Waals surface area contributed by atoms with Gasteiger partial charge in [0.25, 0.3) is 0 Å². The molecular weight excluding hydrogens is 224 g/mol. The van der Waals surface area contributed by atoms with Crippen molar-refractivity contribution >= 4 is 0 Å². The van der Waals surface area contributed by atoms with Gasteiger partial charge in [-0.05, 0) is 29.9 Å². The molecule has 0 fully saturated rings. The van der Waals surface area contributed by atoms with E-state index in [-0.39, 0.29) is 12.2 Å². The maximum atomic E-state index is 10.4. The van der Waals surface area contributed by atoms with Crippen LogP contribution in [0.4, 0.5) is 0 Å². The van der Waals surface area contributed by atoms with E-state index in [1.807, 2.05) is 6.07 Å². The second kappa shape index (κ2) is 6.35. The Kier molecular flexibility index (Phi) is 4.79. The van der Waals surface area contributed by atoms with Crippen LogP contribution in [0.5, 0.6) is 0 Å². The molecule has 0 radical (unpaired) electrons. The third-order valence-corrected chi connectivity index (χ3v) is 4.11. The number of aliphatic hydroxyl groups is 1. The quantitative estimate of drug-likeness (QED) is 0.864.